The second-order valence-corrected chi connectivity index (χ2v) is 17.3. The van der Waals surface area contributed by atoms with Crippen LogP contribution in [0.2, 0.25) is 0 Å². The van der Waals surface area contributed by atoms with Gasteiger partial charge in [-0.2, -0.15) is 0 Å². The summed E-state index contributed by atoms with van der Waals surface area (Å²) < 4.78 is 38.8. The van der Waals surface area contributed by atoms with E-state index >= 15 is 0 Å². The van der Waals surface area contributed by atoms with Crippen molar-refractivity contribution in [1.82, 2.24) is 0 Å². The summed E-state index contributed by atoms with van der Waals surface area (Å²) in [5, 5.41) is 174. The van der Waals surface area contributed by atoms with Crippen LogP contribution in [-0.4, -0.2) is 143 Å². The van der Waals surface area contributed by atoms with Gasteiger partial charge in [-0.25, -0.2) is 28.8 Å². The van der Waals surface area contributed by atoms with Gasteiger partial charge < -0.3 is 114 Å². The largest absolute Gasteiger partial charge is 0.507 e. The number of cyclic esters (lactones) is 1. The van der Waals surface area contributed by atoms with E-state index < -0.39 is 247 Å². The Morgan fingerprint density at radius 1 is 0.364 bits per heavy atom. The third-order valence-electron chi connectivity index (χ3n) is 13.1. The van der Waals surface area contributed by atoms with Crippen LogP contribution >= 0.6 is 0 Å². The van der Waals surface area contributed by atoms with Gasteiger partial charge in [0.2, 0.25) is 28.7 Å². The average Bonchev–Trinajstić information content (AvgIpc) is 3.46. The number of phenols is 15. The van der Waals surface area contributed by atoms with E-state index in [1.165, 1.54) is 0 Å². The van der Waals surface area contributed by atoms with Crippen molar-refractivity contribution in [1.29, 1.82) is 0 Å². The first kappa shape index (κ1) is 48.3. The van der Waals surface area contributed by atoms with Gasteiger partial charge in [-0.05, 0) is 24.3 Å². The lowest BCUT2D eigenvalue weighted by atomic mass is 9.88. The second-order valence-electron chi connectivity index (χ2n) is 17.3. The van der Waals surface area contributed by atoms with Gasteiger partial charge in [0, 0.05) is 50.2 Å². The van der Waals surface area contributed by atoms with Gasteiger partial charge >= 0.3 is 35.1 Å². The Morgan fingerprint density at radius 2 is 0.753 bits per heavy atom. The Morgan fingerprint density at radius 3 is 1.25 bits per heavy atom. The van der Waals surface area contributed by atoms with Crippen molar-refractivity contribution in [2.75, 3.05) is 6.61 Å². The maximum atomic E-state index is 15.0. The fourth-order valence-corrected chi connectivity index (χ4v) is 9.67. The fourth-order valence-electron chi connectivity index (χ4n) is 9.67. The molecule has 0 amide bonds. The lowest BCUT2D eigenvalue weighted by molar-refractivity contribution is -0.284. The summed E-state index contributed by atoms with van der Waals surface area (Å²) in [6.45, 7) is -1.41. The van der Waals surface area contributed by atoms with Crippen LogP contribution in [-0.2, 0) is 23.7 Å². The number of esters is 4. The predicted octanol–water partition coefficient (Wildman–Crippen LogP) is 2.25. The van der Waals surface area contributed by atoms with Crippen molar-refractivity contribution in [2.45, 2.75) is 30.7 Å². The molecule has 2 aromatic heterocycles. The summed E-state index contributed by atoms with van der Waals surface area (Å²) in [6.07, 6.45) is -12.7. The molecule has 394 valence electrons. The third kappa shape index (κ3) is 6.60. The molecule has 0 unspecified atom stereocenters. The number of rotatable bonds is 0. The van der Waals surface area contributed by atoms with E-state index in [0.717, 1.165) is 0 Å². The van der Waals surface area contributed by atoms with Crippen molar-refractivity contribution in [3.05, 3.63) is 73.4 Å². The molecule has 5 atom stereocenters. The first-order chi connectivity index (χ1) is 36.3. The maximum absolute atomic E-state index is 15.0. The predicted molar refractivity (Wildman–Crippen MR) is 244 cm³/mol. The molecule has 1 saturated heterocycles. The molecular weight excluding hydrogens is 1040 g/mol. The molecular formula is C48H28O29. The van der Waals surface area contributed by atoms with Gasteiger partial charge in [0.25, 0.3) is 0 Å². The first-order valence-electron chi connectivity index (χ1n) is 21.6. The number of aliphatic hydroxyl groups is 1. The van der Waals surface area contributed by atoms with E-state index in [1.54, 1.807) is 0 Å². The highest BCUT2D eigenvalue weighted by Crippen LogP contribution is 2.58. The summed E-state index contributed by atoms with van der Waals surface area (Å²) in [5.41, 5.74) is -16.3. The van der Waals surface area contributed by atoms with Crippen molar-refractivity contribution in [3.8, 4) is 120 Å². The van der Waals surface area contributed by atoms with Crippen molar-refractivity contribution >= 4 is 56.6 Å². The number of aliphatic hydroxyl groups excluding tert-OH is 1. The zero-order valence-electron chi connectivity index (χ0n) is 37.4. The van der Waals surface area contributed by atoms with Gasteiger partial charge in [0.05, 0.1) is 33.0 Å². The minimum Gasteiger partial charge on any atom is -0.507 e. The van der Waals surface area contributed by atoms with E-state index in [-0.39, 0.29) is 0 Å². The number of fused-ring (bicyclic) bond motifs is 10. The van der Waals surface area contributed by atoms with E-state index in [0.29, 0.717) is 30.3 Å². The molecule has 0 aliphatic carbocycles. The number of hydrogen-bond acceptors (Lipinski definition) is 29. The Bertz CT molecular complexity index is 4190. The van der Waals surface area contributed by atoms with Crippen LogP contribution < -0.4 is 11.3 Å². The number of carbonyl (C=O) groups is 4. The van der Waals surface area contributed by atoms with Gasteiger partial charge in [-0.3, -0.25) is 0 Å². The highest BCUT2D eigenvalue weighted by Gasteiger charge is 2.54. The van der Waals surface area contributed by atoms with E-state index in [9.17, 15) is 110 Å². The van der Waals surface area contributed by atoms with Crippen LogP contribution in [0.1, 0.15) is 41.4 Å². The number of ether oxygens (including phenoxy) is 5. The van der Waals surface area contributed by atoms with E-state index in [1.807, 2.05) is 0 Å². The number of aromatic hydroxyl groups is 15. The topological polar surface area (TPSA) is 499 Å². The molecule has 16 N–H and O–H groups in total. The highest BCUT2D eigenvalue weighted by atomic mass is 16.7. The Hall–Kier alpha value is -10.9. The second kappa shape index (κ2) is 16.3. The van der Waals surface area contributed by atoms with Crippen LogP contribution in [0.15, 0.2) is 48.8 Å². The summed E-state index contributed by atoms with van der Waals surface area (Å²) in [7, 11) is 0. The molecule has 3 aliphatic heterocycles. The van der Waals surface area contributed by atoms with Crippen molar-refractivity contribution < 1.29 is 133 Å². The SMILES string of the molecule is O=C1O[C@@H]2[C@@H](OC(=O)c3cc(O)c(O)c(O)c3-c3c1cc(O)c(O)c3O)[C@H](O)O[C@@H]1COC(=O)c3cc(O)c(O)c(O)c3-c3c(O)cc4oc(=O)c5c(c(O)c(O)c6oc(=O)c3c4c65)-c3c(cc(O)c(O)c3O)C(=O)O[C@@H]21. The molecule has 0 saturated carbocycles. The monoisotopic (exact) mass is 1070 g/mol. The lowest BCUT2D eigenvalue weighted by Crippen LogP contribution is -2.62. The van der Waals surface area contributed by atoms with Crippen molar-refractivity contribution in [2.24, 2.45) is 0 Å². The smallest absolute Gasteiger partial charge is 0.345 e. The van der Waals surface area contributed by atoms with Gasteiger partial charge in [0.1, 0.15) is 24.0 Å². The quantitative estimate of drug-likeness (QED) is 0.0340. The standard InChI is InChI=1S/C48H28O29/c49-11-5-16-23-25-27(46(68)72-16)24-21-10(4-15(53)31(57)35(21)61)43(65)74-38-17(6-71-42(64)7-1-12(50)30(56)34(60)20(7)22(11)26(23)47(69)75-39(25)37(63)36(24)62)73-48(70)41-40(38)76-44(66)8-2-13(51)28(54)32(58)18(8)19-9(45(67)77-41)3-14(52)29(55)33(19)59/h1-5,17,38,40-41,48-63,70H,6H2/t17-,38-,40+,41-,48-/m1/s1. The molecule has 0 radical (unpaired) electrons. The van der Waals surface area contributed by atoms with Crippen LogP contribution in [0.25, 0.3) is 66.1 Å². The molecule has 11 rings (SSSR count). The molecule has 29 heteroatoms. The molecule has 3 aliphatic rings. The van der Waals surface area contributed by atoms with Gasteiger partial charge in [0.15, 0.2) is 81.9 Å². The van der Waals surface area contributed by atoms with Gasteiger partial charge in [-0.1, -0.05) is 0 Å². The molecule has 5 heterocycles. The maximum Gasteiger partial charge on any atom is 0.345 e. The first-order valence-corrected chi connectivity index (χ1v) is 21.6. The summed E-state index contributed by atoms with van der Waals surface area (Å²) in [5.74, 6) is -28.5. The van der Waals surface area contributed by atoms with Crippen LogP contribution in [0.3, 0.4) is 0 Å². The number of carbonyl (C=O) groups excluding carboxylic acids is 4. The fraction of sp³-hybridized carbons (Fsp3) is 0.125. The number of hydrogen-bond donors (Lipinski definition) is 16. The molecule has 77 heavy (non-hydrogen) atoms. The lowest BCUT2D eigenvalue weighted by Gasteiger charge is -2.43. The van der Waals surface area contributed by atoms with E-state index in [2.05, 4.69) is 0 Å². The highest BCUT2D eigenvalue weighted by molar-refractivity contribution is 6.28. The normalized spacial score (nSPS) is 19.4. The summed E-state index contributed by atoms with van der Waals surface area (Å²) in [4.78, 5) is 86.5. The minimum absolute atomic E-state index is 0.329. The molecule has 6 aromatic carbocycles. The number of benzene rings is 6. The molecule has 6 bridgehead atoms. The van der Waals surface area contributed by atoms with Crippen LogP contribution in [0, 0.1) is 0 Å². The molecule has 1 fully saturated rings. The zero-order valence-corrected chi connectivity index (χ0v) is 37.4. The Labute approximate surface area is 419 Å². The Kier molecular flexibility index (Phi) is 10.2. The number of phenolic OH excluding ortho intramolecular Hbond substituents is 15. The Balaban J connectivity index is 1.21. The third-order valence-corrected chi connectivity index (χ3v) is 13.1. The minimum atomic E-state index is -2.67. The van der Waals surface area contributed by atoms with Crippen LogP contribution in [0.5, 0.6) is 86.2 Å². The summed E-state index contributed by atoms with van der Waals surface area (Å²) in [6, 6.07) is 2.18. The molecule has 8 aromatic rings. The zero-order chi connectivity index (χ0) is 55.4. The summed E-state index contributed by atoms with van der Waals surface area (Å²) >= 11 is 0. The van der Waals surface area contributed by atoms with Crippen molar-refractivity contribution in [3.63, 3.8) is 0 Å². The van der Waals surface area contributed by atoms with Crippen LogP contribution in [0.4, 0.5) is 0 Å². The molecule has 0 spiro atoms. The molecule has 29 nitrogen and oxygen atoms in total. The average molecular weight is 1070 g/mol. The van der Waals surface area contributed by atoms with Gasteiger partial charge in [-0.15, -0.1) is 0 Å². The van der Waals surface area contributed by atoms with E-state index in [4.69, 9.17) is 32.5 Å².